The molecule has 0 N–H and O–H groups in total. The summed E-state index contributed by atoms with van der Waals surface area (Å²) in [7, 11) is 0. The molecule has 9 aromatic carbocycles. The highest BCUT2D eigenvalue weighted by molar-refractivity contribution is 6.10. The molecule has 0 aliphatic rings. The standard InChI is InChI=1S/C58H39N5/c1-4-20-41(21-5-1)58(42-22-6-2-7-23-42,43-24-8-3-9-25-43)44-38-36-40(37-39-44)55-59-56(61-57(60-55)63-52-33-17-12-28-47(52)48-29-13-18-34-53(48)63)49-30-14-19-35-54(49)62-50-31-15-10-26-45(50)46-27-11-16-32-51(46)62/h1-39H. The van der Waals surface area contributed by atoms with Crippen molar-refractivity contribution < 1.29 is 0 Å². The van der Waals surface area contributed by atoms with Crippen LogP contribution in [-0.2, 0) is 5.41 Å². The number of aromatic nitrogens is 5. The zero-order valence-electron chi connectivity index (χ0n) is 34.3. The molecule has 0 amide bonds. The zero-order valence-corrected chi connectivity index (χ0v) is 34.3. The molecule has 0 unspecified atom stereocenters. The molecule has 3 heterocycles. The lowest BCUT2D eigenvalue weighted by Crippen LogP contribution is -2.30. The Kier molecular flexibility index (Phi) is 8.64. The largest absolute Gasteiger partial charge is 0.309 e. The summed E-state index contributed by atoms with van der Waals surface area (Å²) in [5, 5.41) is 4.68. The molecule has 0 aliphatic heterocycles. The van der Waals surface area contributed by atoms with Gasteiger partial charge < -0.3 is 4.57 Å². The highest BCUT2D eigenvalue weighted by Crippen LogP contribution is 2.46. The molecule has 3 aromatic heterocycles. The molecule has 12 rings (SSSR count). The van der Waals surface area contributed by atoms with Gasteiger partial charge in [0.2, 0.25) is 5.95 Å². The molecule has 0 saturated heterocycles. The van der Waals surface area contributed by atoms with Gasteiger partial charge in [0.05, 0.1) is 33.2 Å². The van der Waals surface area contributed by atoms with Gasteiger partial charge in [-0.3, -0.25) is 4.57 Å². The van der Waals surface area contributed by atoms with Gasteiger partial charge >= 0.3 is 0 Å². The van der Waals surface area contributed by atoms with Crippen LogP contribution in [0.25, 0.3) is 78.0 Å². The molecule has 0 fully saturated rings. The van der Waals surface area contributed by atoms with Crippen LogP contribution >= 0.6 is 0 Å². The van der Waals surface area contributed by atoms with Crippen LogP contribution in [-0.4, -0.2) is 24.1 Å². The summed E-state index contributed by atoms with van der Waals surface area (Å²) in [5.41, 5.74) is 11.2. The minimum atomic E-state index is -0.581. The lowest BCUT2D eigenvalue weighted by atomic mass is 9.65. The van der Waals surface area contributed by atoms with Crippen molar-refractivity contribution in [3.8, 4) is 34.4 Å². The van der Waals surface area contributed by atoms with Gasteiger partial charge in [-0.05, 0) is 58.7 Å². The van der Waals surface area contributed by atoms with E-state index in [0.717, 1.165) is 55.2 Å². The van der Waals surface area contributed by atoms with Crippen LogP contribution in [0.5, 0.6) is 0 Å². The quantitative estimate of drug-likeness (QED) is 0.144. The van der Waals surface area contributed by atoms with Crippen LogP contribution in [0.1, 0.15) is 22.3 Å². The number of hydrogen-bond acceptors (Lipinski definition) is 3. The van der Waals surface area contributed by atoms with Crippen LogP contribution in [0.2, 0.25) is 0 Å². The van der Waals surface area contributed by atoms with Crippen LogP contribution < -0.4 is 0 Å². The first-order valence-electron chi connectivity index (χ1n) is 21.4. The Hall–Kier alpha value is -8.41. The van der Waals surface area contributed by atoms with E-state index in [9.17, 15) is 0 Å². The Morgan fingerprint density at radius 1 is 0.286 bits per heavy atom. The van der Waals surface area contributed by atoms with Gasteiger partial charge in [0.15, 0.2) is 11.6 Å². The van der Waals surface area contributed by atoms with Crippen molar-refractivity contribution in [2.24, 2.45) is 0 Å². The summed E-state index contributed by atoms with van der Waals surface area (Å²) in [6.45, 7) is 0. The fraction of sp³-hybridized carbons (Fsp3) is 0.0172. The van der Waals surface area contributed by atoms with E-state index in [2.05, 4.69) is 246 Å². The van der Waals surface area contributed by atoms with Crippen LogP contribution in [0.15, 0.2) is 237 Å². The second kappa shape index (κ2) is 14.9. The molecule has 0 spiro atoms. The molecule has 5 nitrogen and oxygen atoms in total. The second-order valence-corrected chi connectivity index (χ2v) is 16.0. The van der Waals surface area contributed by atoms with Crippen molar-refractivity contribution in [3.63, 3.8) is 0 Å². The molecule has 0 aliphatic carbocycles. The smallest absolute Gasteiger partial charge is 0.238 e. The molecule has 63 heavy (non-hydrogen) atoms. The van der Waals surface area contributed by atoms with Crippen LogP contribution in [0.4, 0.5) is 0 Å². The van der Waals surface area contributed by atoms with Gasteiger partial charge in [-0.2, -0.15) is 9.97 Å². The van der Waals surface area contributed by atoms with E-state index in [4.69, 9.17) is 15.0 Å². The molecule has 5 heteroatoms. The average Bonchev–Trinajstić information content (AvgIpc) is 3.88. The van der Waals surface area contributed by atoms with Crippen molar-refractivity contribution in [1.82, 2.24) is 24.1 Å². The first-order valence-corrected chi connectivity index (χ1v) is 21.4. The fourth-order valence-electron chi connectivity index (χ4n) is 9.83. The van der Waals surface area contributed by atoms with Gasteiger partial charge in [-0.25, -0.2) is 4.98 Å². The molecule has 12 aromatic rings. The maximum atomic E-state index is 5.41. The average molecular weight is 806 g/mol. The van der Waals surface area contributed by atoms with E-state index >= 15 is 0 Å². The number of rotatable bonds is 8. The first kappa shape index (κ1) is 36.4. The van der Waals surface area contributed by atoms with Crippen molar-refractivity contribution >= 4 is 43.6 Å². The fourth-order valence-corrected chi connectivity index (χ4v) is 9.83. The number of fused-ring (bicyclic) bond motifs is 6. The molecule has 0 bridgehead atoms. The number of benzene rings is 9. The van der Waals surface area contributed by atoms with Gasteiger partial charge in [0, 0.05) is 32.7 Å². The number of nitrogens with zero attached hydrogens (tertiary/aromatic N) is 5. The number of para-hydroxylation sites is 5. The van der Waals surface area contributed by atoms with Gasteiger partial charge in [-0.1, -0.05) is 200 Å². The molecule has 0 radical (unpaired) electrons. The van der Waals surface area contributed by atoms with Crippen molar-refractivity contribution in [2.75, 3.05) is 0 Å². The van der Waals surface area contributed by atoms with Crippen molar-refractivity contribution in [1.29, 1.82) is 0 Å². The van der Waals surface area contributed by atoms with Crippen LogP contribution in [0, 0.1) is 0 Å². The van der Waals surface area contributed by atoms with Crippen molar-refractivity contribution in [3.05, 3.63) is 259 Å². The lowest BCUT2D eigenvalue weighted by molar-refractivity contribution is 0.745. The maximum Gasteiger partial charge on any atom is 0.238 e. The Balaban J connectivity index is 1.10. The molecule has 296 valence electrons. The molecule has 0 saturated carbocycles. The maximum absolute atomic E-state index is 5.41. The topological polar surface area (TPSA) is 48.5 Å². The third-order valence-electron chi connectivity index (χ3n) is 12.6. The molecular weight excluding hydrogens is 767 g/mol. The van der Waals surface area contributed by atoms with E-state index in [1.807, 2.05) is 0 Å². The zero-order chi connectivity index (χ0) is 41.7. The molecule has 0 atom stereocenters. The Morgan fingerprint density at radius 3 is 1.13 bits per heavy atom. The minimum absolute atomic E-state index is 0.556. The van der Waals surface area contributed by atoms with Gasteiger partial charge in [-0.15, -0.1) is 0 Å². The monoisotopic (exact) mass is 805 g/mol. The minimum Gasteiger partial charge on any atom is -0.309 e. The van der Waals surface area contributed by atoms with E-state index < -0.39 is 5.41 Å². The summed E-state index contributed by atoms with van der Waals surface area (Å²) in [5.74, 6) is 1.73. The van der Waals surface area contributed by atoms with Gasteiger partial charge in [0.1, 0.15) is 0 Å². The predicted molar refractivity (Wildman–Crippen MR) is 258 cm³/mol. The third kappa shape index (κ3) is 5.82. The lowest BCUT2D eigenvalue weighted by Gasteiger charge is -2.37. The van der Waals surface area contributed by atoms with Gasteiger partial charge in [0.25, 0.3) is 0 Å². The van der Waals surface area contributed by atoms with E-state index in [0.29, 0.717) is 17.6 Å². The SMILES string of the molecule is c1ccc(C(c2ccccc2)(c2ccccc2)c2ccc(-c3nc(-c4ccccc4-n4c5ccccc5c5ccccc54)nc(-n4c5ccccc5c5ccccc54)n3)cc2)cc1. The van der Waals surface area contributed by atoms with E-state index in [1.165, 1.54) is 27.5 Å². The summed E-state index contributed by atoms with van der Waals surface area (Å²) in [4.78, 5) is 16.2. The summed E-state index contributed by atoms with van der Waals surface area (Å²) >= 11 is 0. The second-order valence-electron chi connectivity index (χ2n) is 16.0. The Labute approximate surface area is 364 Å². The van der Waals surface area contributed by atoms with E-state index in [1.54, 1.807) is 0 Å². The highest BCUT2D eigenvalue weighted by Gasteiger charge is 2.38. The third-order valence-corrected chi connectivity index (χ3v) is 12.6. The van der Waals surface area contributed by atoms with Crippen LogP contribution in [0.3, 0.4) is 0 Å². The van der Waals surface area contributed by atoms with Crippen molar-refractivity contribution in [2.45, 2.75) is 5.41 Å². The normalized spacial score (nSPS) is 11.8. The predicted octanol–water partition coefficient (Wildman–Crippen LogP) is 13.8. The summed E-state index contributed by atoms with van der Waals surface area (Å²) < 4.78 is 4.52. The summed E-state index contributed by atoms with van der Waals surface area (Å²) in [6.07, 6.45) is 0. The van der Waals surface area contributed by atoms with E-state index in [-0.39, 0.29) is 0 Å². The molecular formula is C58H39N5. The Morgan fingerprint density at radius 2 is 0.651 bits per heavy atom. The highest BCUT2D eigenvalue weighted by atomic mass is 15.2. The Bertz CT molecular complexity index is 3410. The first-order chi connectivity index (χ1) is 31.3. The summed E-state index contributed by atoms with van der Waals surface area (Å²) in [6, 6.07) is 83.9. The number of hydrogen-bond donors (Lipinski definition) is 0.